The van der Waals surface area contributed by atoms with Gasteiger partial charge in [0.15, 0.2) is 24.6 Å². The third-order valence-corrected chi connectivity index (χ3v) is 4.68. The normalized spacial score (nSPS) is 35.6. The van der Waals surface area contributed by atoms with Crippen LogP contribution in [0.4, 0.5) is 0 Å². The SMILES string of the molecule is O=NN1CCC[C@@H]1c1ccc[n+]([C@@H]2O[C@H](C(=O)O)[C@@H](O)[C@H](O)[C@@H]2O)c1. The van der Waals surface area contributed by atoms with Crippen molar-refractivity contribution in [3.8, 4) is 0 Å². The van der Waals surface area contributed by atoms with Crippen molar-refractivity contribution in [2.75, 3.05) is 6.54 Å². The Morgan fingerprint density at radius 2 is 2.04 bits per heavy atom. The molecule has 1 aromatic heterocycles. The molecule has 0 amide bonds. The number of carbonyl (C=O) groups is 1. The topological polar surface area (TPSA) is 144 Å². The minimum absolute atomic E-state index is 0.212. The number of nitroso groups, excluding NO2 is 1. The van der Waals surface area contributed by atoms with Gasteiger partial charge in [0.1, 0.15) is 12.2 Å². The molecule has 25 heavy (non-hydrogen) atoms. The highest BCUT2D eigenvalue weighted by molar-refractivity contribution is 5.73. The molecule has 2 fully saturated rings. The monoisotopic (exact) mass is 354 g/mol. The van der Waals surface area contributed by atoms with Gasteiger partial charge in [0.2, 0.25) is 0 Å². The number of aliphatic hydroxyl groups is 3. The maximum absolute atomic E-state index is 11.2. The molecule has 0 aromatic carbocycles. The number of aliphatic carboxylic acids is 1. The molecule has 0 unspecified atom stereocenters. The third kappa shape index (κ3) is 3.21. The molecule has 3 heterocycles. The fourth-order valence-corrected chi connectivity index (χ4v) is 3.37. The van der Waals surface area contributed by atoms with Gasteiger partial charge in [0.05, 0.1) is 11.3 Å². The van der Waals surface area contributed by atoms with Crippen molar-refractivity contribution in [2.45, 2.75) is 49.5 Å². The minimum Gasteiger partial charge on any atom is -0.479 e. The smallest absolute Gasteiger partial charge is 0.335 e. The summed E-state index contributed by atoms with van der Waals surface area (Å²) >= 11 is 0. The van der Waals surface area contributed by atoms with Crippen LogP contribution in [0.5, 0.6) is 0 Å². The Bertz CT molecular complexity index is 658. The quantitative estimate of drug-likeness (QED) is 0.392. The molecule has 2 aliphatic rings. The van der Waals surface area contributed by atoms with Crippen molar-refractivity contribution in [2.24, 2.45) is 5.29 Å². The molecule has 2 saturated heterocycles. The van der Waals surface area contributed by atoms with E-state index in [9.17, 15) is 25.0 Å². The molecule has 3 rings (SSSR count). The van der Waals surface area contributed by atoms with Crippen molar-refractivity contribution in [3.05, 3.63) is 35.0 Å². The standard InChI is InChI=1S/C15H19N3O7/c19-10-11(20)13(15(22)23)25-14(12(10)21)17-5-1-3-8(7-17)9-4-2-6-18(9)16-24/h1,3,5,7,9-14,19-21H,2,4,6H2/p+1/t9-,10+,11+,12+,13+,14-/m1/s1. The van der Waals surface area contributed by atoms with Gasteiger partial charge >= 0.3 is 5.97 Å². The lowest BCUT2D eigenvalue weighted by molar-refractivity contribution is -0.777. The molecule has 0 bridgehead atoms. The Hall–Kier alpha value is -2.14. The fourth-order valence-electron chi connectivity index (χ4n) is 3.37. The molecular weight excluding hydrogens is 334 g/mol. The van der Waals surface area contributed by atoms with E-state index in [-0.39, 0.29) is 6.04 Å². The first-order valence-electron chi connectivity index (χ1n) is 7.97. The molecule has 6 atom stereocenters. The van der Waals surface area contributed by atoms with Crippen LogP contribution in [0.25, 0.3) is 0 Å². The third-order valence-electron chi connectivity index (χ3n) is 4.68. The molecule has 0 aliphatic carbocycles. The first-order valence-corrected chi connectivity index (χ1v) is 7.97. The van der Waals surface area contributed by atoms with Crippen molar-refractivity contribution in [3.63, 3.8) is 0 Å². The molecule has 10 heteroatoms. The first kappa shape index (κ1) is 17.7. The van der Waals surface area contributed by atoms with E-state index in [1.54, 1.807) is 24.5 Å². The summed E-state index contributed by atoms with van der Waals surface area (Å²) in [5, 5.41) is 43.4. The summed E-state index contributed by atoms with van der Waals surface area (Å²) in [5.41, 5.74) is 0.753. The lowest BCUT2D eigenvalue weighted by Gasteiger charge is -2.35. The van der Waals surface area contributed by atoms with Gasteiger partial charge in [-0.25, -0.2) is 4.79 Å². The summed E-state index contributed by atoms with van der Waals surface area (Å²) in [4.78, 5) is 22.1. The van der Waals surface area contributed by atoms with E-state index in [1.807, 2.05) is 0 Å². The van der Waals surface area contributed by atoms with Gasteiger partial charge in [-0.2, -0.15) is 4.57 Å². The highest BCUT2D eigenvalue weighted by Gasteiger charge is 2.51. The number of hydrogen-bond acceptors (Lipinski definition) is 7. The van der Waals surface area contributed by atoms with Gasteiger partial charge in [0.25, 0.3) is 6.23 Å². The van der Waals surface area contributed by atoms with Crippen molar-refractivity contribution in [1.29, 1.82) is 0 Å². The average Bonchev–Trinajstić information content (AvgIpc) is 3.08. The molecule has 2 aliphatic heterocycles. The van der Waals surface area contributed by atoms with Gasteiger partial charge in [-0.3, -0.25) is 5.01 Å². The number of ether oxygens (including phenoxy) is 1. The zero-order valence-corrected chi connectivity index (χ0v) is 13.3. The van der Waals surface area contributed by atoms with E-state index in [0.717, 1.165) is 18.4 Å². The first-order chi connectivity index (χ1) is 11.9. The predicted molar refractivity (Wildman–Crippen MR) is 80.7 cm³/mol. The van der Waals surface area contributed by atoms with Crippen LogP contribution in [0, 0.1) is 4.91 Å². The Morgan fingerprint density at radius 3 is 2.72 bits per heavy atom. The average molecular weight is 354 g/mol. The minimum atomic E-state index is -1.74. The number of pyridine rings is 1. The number of hydrogen-bond donors (Lipinski definition) is 4. The molecule has 4 N–H and O–H groups in total. The van der Waals surface area contributed by atoms with Crippen LogP contribution in [0.1, 0.15) is 30.7 Å². The zero-order valence-electron chi connectivity index (χ0n) is 13.3. The van der Waals surface area contributed by atoms with E-state index in [2.05, 4.69) is 5.29 Å². The molecule has 0 radical (unpaired) electrons. The summed E-state index contributed by atoms with van der Waals surface area (Å²) in [6.45, 7) is 0.553. The second-order valence-electron chi connectivity index (χ2n) is 6.24. The Balaban J connectivity index is 1.89. The summed E-state index contributed by atoms with van der Waals surface area (Å²) in [6, 6.07) is 3.25. The largest absolute Gasteiger partial charge is 0.479 e. The zero-order chi connectivity index (χ0) is 18.1. The van der Waals surface area contributed by atoms with E-state index in [4.69, 9.17) is 9.84 Å². The van der Waals surface area contributed by atoms with Crippen molar-refractivity contribution in [1.82, 2.24) is 5.01 Å². The predicted octanol–water partition coefficient (Wildman–Crippen LogP) is -1.14. The van der Waals surface area contributed by atoms with Crippen molar-refractivity contribution >= 4 is 5.97 Å². The van der Waals surface area contributed by atoms with Gasteiger partial charge in [-0.05, 0) is 18.9 Å². The second kappa shape index (κ2) is 7.00. The van der Waals surface area contributed by atoms with E-state index in [0.29, 0.717) is 6.54 Å². The van der Waals surface area contributed by atoms with Crippen LogP contribution in [-0.4, -0.2) is 62.4 Å². The number of carboxylic acid groups (broad SMARTS) is 1. The van der Waals surface area contributed by atoms with E-state index in [1.165, 1.54) is 9.58 Å². The summed E-state index contributed by atoms with van der Waals surface area (Å²) < 4.78 is 6.73. The lowest BCUT2D eigenvalue weighted by atomic mass is 9.97. The van der Waals surface area contributed by atoms with Crippen LogP contribution < -0.4 is 4.57 Å². The number of rotatable bonds is 4. The maximum atomic E-state index is 11.2. The molecule has 0 spiro atoms. The number of aromatic nitrogens is 1. The van der Waals surface area contributed by atoms with Crippen LogP contribution in [0.2, 0.25) is 0 Å². The molecule has 1 aromatic rings. The Labute approximate surface area is 142 Å². The Morgan fingerprint density at radius 1 is 1.28 bits per heavy atom. The maximum Gasteiger partial charge on any atom is 0.335 e. The second-order valence-corrected chi connectivity index (χ2v) is 6.24. The van der Waals surface area contributed by atoms with Crippen molar-refractivity contribution < 1.29 is 34.5 Å². The molecule has 10 nitrogen and oxygen atoms in total. The van der Waals surface area contributed by atoms with Crippen LogP contribution in [0.3, 0.4) is 0 Å². The molecule has 136 valence electrons. The molecular formula is C15H20N3O7+. The summed E-state index contributed by atoms with van der Waals surface area (Å²) in [6.07, 6.45) is -3.07. The van der Waals surface area contributed by atoms with Gasteiger partial charge < -0.3 is 25.2 Å². The number of aliphatic hydroxyl groups excluding tert-OH is 3. The molecule has 0 saturated carbocycles. The van der Waals surface area contributed by atoms with Crippen LogP contribution >= 0.6 is 0 Å². The lowest BCUT2D eigenvalue weighted by Crippen LogP contribution is -2.63. The van der Waals surface area contributed by atoms with Gasteiger partial charge in [-0.15, -0.1) is 4.91 Å². The van der Waals surface area contributed by atoms with Crippen LogP contribution in [-0.2, 0) is 9.53 Å². The van der Waals surface area contributed by atoms with Gasteiger partial charge in [0, 0.05) is 18.2 Å². The summed E-state index contributed by atoms with van der Waals surface area (Å²) in [7, 11) is 0. The number of nitrogens with zero attached hydrogens (tertiary/aromatic N) is 3. The van der Waals surface area contributed by atoms with Crippen LogP contribution in [0.15, 0.2) is 29.8 Å². The highest BCUT2D eigenvalue weighted by Crippen LogP contribution is 2.32. The summed E-state index contributed by atoms with van der Waals surface area (Å²) in [5.74, 6) is -1.44. The van der Waals surface area contributed by atoms with E-state index < -0.39 is 36.6 Å². The van der Waals surface area contributed by atoms with Gasteiger partial charge in [-0.1, -0.05) is 0 Å². The highest BCUT2D eigenvalue weighted by atomic mass is 16.6. The fraction of sp³-hybridized carbons (Fsp3) is 0.600. The van der Waals surface area contributed by atoms with E-state index >= 15 is 0 Å². The number of carboxylic acids is 1. The Kier molecular flexibility index (Phi) is 4.95.